The van der Waals surface area contributed by atoms with Crippen LogP contribution in [0.1, 0.15) is 19.4 Å². The predicted octanol–water partition coefficient (Wildman–Crippen LogP) is 3.73. The normalized spacial score (nSPS) is 11.4. The molecule has 1 amide bonds. The number of rotatable bonds is 8. The van der Waals surface area contributed by atoms with E-state index in [4.69, 9.17) is 11.6 Å². The van der Waals surface area contributed by atoms with E-state index in [9.17, 15) is 13.2 Å². The minimum Gasteiger partial charge on any atom is -0.376 e. The van der Waals surface area contributed by atoms with Gasteiger partial charge in [0.15, 0.2) is 0 Å². The van der Waals surface area contributed by atoms with Crippen LogP contribution in [0.5, 0.6) is 0 Å². The number of hydrogen-bond donors (Lipinski definition) is 2. The zero-order valence-corrected chi connectivity index (χ0v) is 17.2. The number of nitrogens with zero attached hydrogens (tertiary/aromatic N) is 1. The SMILES string of the molecule is CCN(CC)S(=O)(=O)c1ccc(NC(=O)CNc2cc(Cl)ccc2C)cc1. The molecule has 0 atom stereocenters. The molecule has 0 unspecified atom stereocenters. The molecule has 0 radical (unpaired) electrons. The van der Waals surface area contributed by atoms with Gasteiger partial charge in [-0.1, -0.05) is 31.5 Å². The molecular formula is C19H24ClN3O3S. The molecule has 2 N–H and O–H groups in total. The Morgan fingerprint density at radius 2 is 1.70 bits per heavy atom. The van der Waals surface area contributed by atoms with Crippen LogP contribution >= 0.6 is 11.6 Å². The maximum atomic E-state index is 12.5. The Balaban J connectivity index is 2.00. The highest BCUT2D eigenvalue weighted by atomic mass is 35.5. The Morgan fingerprint density at radius 3 is 2.30 bits per heavy atom. The van der Waals surface area contributed by atoms with Crippen LogP contribution < -0.4 is 10.6 Å². The van der Waals surface area contributed by atoms with Crippen molar-refractivity contribution in [3.05, 3.63) is 53.1 Å². The fourth-order valence-corrected chi connectivity index (χ4v) is 4.22. The van der Waals surface area contributed by atoms with Crippen molar-refractivity contribution in [2.24, 2.45) is 0 Å². The van der Waals surface area contributed by atoms with Crippen molar-refractivity contribution in [1.29, 1.82) is 0 Å². The minimum absolute atomic E-state index is 0.0701. The van der Waals surface area contributed by atoms with Crippen LogP contribution in [-0.4, -0.2) is 38.3 Å². The second kappa shape index (κ2) is 9.21. The number of hydrogen-bond acceptors (Lipinski definition) is 4. The molecule has 146 valence electrons. The molecule has 0 aromatic heterocycles. The summed E-state index contributed by atoms with van der Waals surface area (Å²) in [6.07, 6.45) is 0. The summed E-state index contributed by atoms with van der Waals surface area (Å²) in [6.45, 7) is 6.40. The van der Waals surface area contributed by atoms with Crippen molar-refractivity contribution in [3.63, 3.8) is 0 Å². The molecular weight excluding hydrogens is 386 g/mol. The van der Waals surface area contributed by atoms with Gasteiger partial charge in [0, 0.05) is 29.5 Å². The molecule has 0 saturated heterocycles. The molecule has 8 heteroatoms. The third kappa shape index (κ3) is 5.45. The number of carbonyl (C=O) groups is 1. The first-order valence-electron chi connectivity index (χ1n) is 8.68. The van der Waals surface area contributed by atoms with Crippen LogP contribution in [0.15, 0.2) is 47.4 Å². The van der Waals surface area contributed by atoms with Crippen molar-refractivity contribution in [2.45, 2.75) is 25.7 Å². The molecule has 0 fully saturated rings. The van der Waals surface area contributed by atoms with E-state index < -0.39 is 10.0 Å². The lowest BCUT2D eigenvalue weighted by atomic mass is 10.2. The van der Waals surface area contributed by atoms with Gasteiger partial charge in [-0.25, -0.2) is 8.42 Å². The average Bonchev–Trinajstić information content (AvgIpc) is 2.63. The van der Waals surface area contributed by atoms with Crippen molar-refractivity contribution < 1.29 is 13.2 Å². The van der Waals surface area contributed by atoms with Crippen molar-refractivity contribution >= 4 is 38.9 Å². The van der Waals surface area contributed by atoms with Gasteiger partial charge in [-0.15, -0.1) is 0 Å². The van der Waals surface area contributed by atoms with Crippen LogP contribution in [-0.2, 0) is 14.8 Å². The summed E-state index contributed by atoms with van der Waals surface area (Å²) in [7, 11) is -3.51. The molecule has 0 aliphatic carbocycles. The van der Waals surface area contributed by atoms with Gasteiger partial charge in [0.25, 0.3) is 0 Å². The van der Waals surface area contributed by atoms with Crippen molar-refractivity contribution in [2.75, 3.05) is 30.3 Å². The summed E-state index contributed by atoms with van der Waals surface area (Å²) in [4.78, 5) is 12.3. The molecule has 27 heavy (non-hydrogen) atoms. The maximum absolute atomic E-state index is 12.5. The molecule has 2 rings (SSSR count). The van der Waals surface area contributed by atoms with E-state index in [1.165, 1.54) is 16.4 Å². The lowest BCUT2D eigenvalue weighted by Crippen LogP contribution is -2.30. The summed E-state index contributed by atoms with van der Waals surface area (Å²) in [5.41, 5.74) is 2.31. The third-order valence-electron chi connectivity index (χ3n) is 4.12. The Kier molecular flexibility index (Phi) is 7.24. The summed E-state index contributed by atoms with van der Waals surface area (Å²) < 4.78 is 26.3. The van der Waals surface area contributed by atoms with Gasteiger partial charge in [0.2, 0.25) is 15.9 Å². The number of anilines is 2. The number of halogens is 1. The van der Waals surface area contributed by atoms with Gasteiger partial charge in [-0.2, -0.15) is 4.31 Å². The number of sulfonamides is 1. The fourth-order valence-electron chi connectivity index (χ4n) is 2.59. The zero-order valence-electron chi connectivity index (χ0n) is 15.6. The average molecular weight is 410 g/mol. The summed E-state index contributed by atoms with van der Waals surface area (Å²) in [5.74, 6) is -0.242. The first-order chi connectivity index (χ1) is 12.8. The minimum atomic E-state index is -3.51. The summed E-state index contributed by atoms with van der Waals surface area (Å²) in [5, 5.41) is 6.37. The highest BCUT2D eigenvalue weighted by Crippen LogP contribution is 2.20. The number of benzene rings is 2. The van der Waals surface area contributed by atoms with E-state index in [2.05, 4.69) is 10.6 Å². The molecule has 0 heterocycles. The van der Waals surface area contributed by atoms with Crippen LogP contribution in [0.25, 0.3) is 0 Å². The number of aryl methyl sites for hydroxylation is 1. The van der Waals surface area contributed by atoms with Crippen LogP contribution in [0, 0.1) is 6.92 Å². The first-order valence-corrected chi connectivity index (χ1v) is 10.5. The molecule has 0 aliphatic rings. The highest BCUT2D eigenvalue weighted by Gasteiger charge is 2.21. The molecule has 0 spiro atoms. The molecule has 6 nitrogen and oxygen atoms in total. The molecule has 2 aromatic carbocycles. The summed E-state index contributed by atoms with van der Waals surface area (Å²) >= 11 is 5.96. The van der Waals surface area contributed by atoms with Gasteiger partial charge >= 0.3 is 0 Å². The Morgan fingerprint density at radius 1 is 1.07 bits per heavy atom. The highest BCUT2D eigenvalue weighted by molar-refractivity contribution is 7.89. The quantitative estimate of drug-likeness (QED) is 0.696. The van der Waals surface area contributed by atoms with Gasteiger partial charge in [0.05, 0.1) is 11.4 Å². The van der Waals surface area contributed by atoms with Crippen LogP contribution in [0.4, 0.5) is 11.4 Å². The molecule has 2 aromatic rings. The van der Waals surface area contributed by atoms with E-state index in [0.717, 1.165) is 11.3 Å². The zero-order chi connectivity index (χ0) is 20.0. The maximum Gasteiger partial charge on any atom is 0.243 e. The van der Waals surface area contributed by atoms with E-state index in [1.54, 1.807) is 38.1 Å². The molecule has 0 aliphatic heterocycles. The van der Waals surface area contributed by atoms with Crippen LogP contribution in [0.2, 0.25) is 5.02 Å². The predicted molar refractivity (Wildman–Crippen MR) is 110 cm³/mol. The Labute approximate surface area is 165 Å². The molecule has 0 saturated carbocycles. The van der Waals surface area contributed by atoms with Crippen molar-refractivity contribution in [1.82, 2.24) is 4.31 Å². The lowest BCUT2D eigenvalue weighted by molar-refractivity contribution is -0.114. The monoisotopic (exact) mass is 409 g/mol. The largest absolute Gasteiger partial charge is 0.376 e. The van der Waals surface area contributed by atoms with Crippen LogP contribution in [0.3, 0.4) is 0 Å². The lowest BCUT2D eigenvalue weighted by Gasteiger charge is -2.18. The number of amides is 1. The van der Waals surface area contributed by atoms with E-state index in [-0.39, 0.29) is 17.3 Å². The van der Waals surface area contributed by atoms with E-state index in [0.29, 0.717) is 23.8 Å². The van der Waals surface area contributed by atoms with Gasteiger partial charge in [0.1, 0.15) is 0 Å². The fraction of sp³-hybridized carbons (Fsp3) is 0.316. The Hall–Kier alpha value is -2.09. The number of carbonyl (C=O) groups excluding carboxylic acids is 1. The molecule has 0 bridgehead atoms. The van der Waals surface area contributed by atoms with Gasteiger partial charge < -0.3 is 10.6 Å². The van der Waals surface area contributed by atoms with Crippen molar-refractivity contribution in [3.8, 4) is 0 Å². The summed E-state index contributed by atoms with van der Waals surface area (Å²) in [6, 6.07) is 11.6. The second-order valence-electron chi connectivity index (χ2n) is 5.97. The van der Waals surface area contributed by atoms with Gasteiger partial charge in [-0.05, 0) is 48.9 Å². The van der Waals surface area contributed by atoms with Gasteiger partial charge in [-0.3, -0.25) is 4.79 Å². The topological polar surface area (TPSA) is 78.5 Å². The number of nitrogens with one attached hydrogen (secondary N) is 2. The van der Waals surface area contributed by atoms with E-state index >= 15 is 0 Å². The first kappa shape index (κ1) is 21.2. The standard InChI is InChI=1S/C19H24ClN3O3S/c1-4-23(5-2)27(25,26)17-10-8-16(9-11-17)22-19(24)13-21-18-12-15(20)7-6-14(18)3/h6-12,21H,4-5,13H2,1-3H3,(H,22,24). The second-order valence-corrected chi connectivity index (χ2v) is 8.35. The third-order valence-corrected chi connectivity index (χ3v) is 6.42. The Bertz CT molecular complexity index is 895. The van der Waals surface area contributed by atoms with E-state index in [1.807, 2.05) is 13.0 Å². The smallest absolute Gasteiger partial charge is 0.243 e.